The molecule has 0 aromatic carbocycles. The second kappa shape index (κ2) is 7.05. The highest BCUT2D eigenvalue weighted by molar-refractivity contribution is 5.96. The van der Waals surface area contributed by atoms with Gasteiger partial charge < -0.3 is 10.4 Å². The Bertz CT molecular complexity index is 353. The van der Waals surface area contributed by atoms with E-state index in [0.29, 0.717) is 26.2 Å². The fourth-order valence-corrected chi connectivity index (χ4v) is 1.94. The normalized spacial score (nSPS) is 18.6. The van der Waals surface area contributed by atoms with Crippen molar-refractivity contribution >= 4 is 17.9 Å². The van der Waals surface area contributed by atoms with E-state index in [1.54, 1.807) is 6.92 Å². The van der Waals surface area contributed by atoms with Crippen molar-refractivity contribution in [2.75, 3.05) is 39.8 Å². The minimum atomic E-state index is -0.848. The van der Waals surface area contributed by atoms with Crippen LogP contribution in [0.15, 0.2) is 0 Å². The zero-order valence-corrected chi connectivity index (χ0v) is 11.2. The minimum absolute atomic E-state index is 0.0205. The number of amides is 3. The van der Waals surface area contributed by atoms with E-state index in [2.05, 4.69) is 10.6 Å². The number of urea groups is 1. The van der Waals surface area contributed by atoms with Crippen molar-refractivity contribution in [1.82, 2.24) is 20.4 Å². The van der Waals surface area contributed by atoms with Crippen LogP contribution in [0.3, 0.4) is 0 Å². The average Bonchev–Trinajstić information content (AvgIpc) is 2.37. The predicted octanol–water partition coefficient (Wildman–Crippen LogP) is -1.47. The van der Waals surface area contributed by atoms with Crippen LogP contribution in [0, 0.1) is 0 Å². The lowest BCUT2D eigenvalue weighted by molar-refractivity contribution is -0.139. The van der Waals surface area contributed by atoms with Crippen molar-refractivity contribution in [3.8, 4) is 0 Å². The lowest BCUT2D eigenvalue weighted by Crippen LogP contribution is -2.55. The predicted molar refractivity (Wildman–Crippen MR) is 67.7 cm³/mol. The third-order valence-electron chi connectivity index (χ3n) is 3.16. The Balaban J connectivity index is 2.39. The summed E-state index contributed by atoms with van der Waals surface area (Å²) >= 11 is 0. The van der Waals surface area contributed by atoms with Gasteiger partial charge in [0.2, 0.25) is 5.91 Å². The fraction of sp³-hybridized carbons (Fsp3) is 0.727. The second-order valence-electron chi connectivity index (χ2n) is 4.45. The van der Waals surface area contributed by atoms with Gasteiger partial charge >= 0.3 is 12.0 Å². The van der Waals surface area contributed by atoms with Crippen LogP contribution in [0.25, 0.3) is 0 Å². The molecule has 1 atom stereocenters. The maximum absolute atomic E-state index is 11.7. The average molecular weight is 272 g/mol. The molecule has 3 amide bonds. The molecule has 1 aliphatic heterocycles. The first-order valence-corrected chi connectivity index (χ1v) is 6.14. The van der Waals surface area contributed by atoms with Crippen LogP contribution in [0.1, 0.15) is 6.92 Å². The number of carboxylic acid groups (broad SMARTS) is 1. The van der Waals surface area contributed by atoms with Crippen LogP contribution < -0.4 is 10.6 Å². The van der Waals surface area contributed by atoms with Gasteiger partial charge in [-0.25, -0.2) is 4.79 Å². The number of carboxylic acids is 1. The molecule has 0 aromatic rings. The van der Waals surface area contributed by atoms with Crippen LogP contribution in [0.4, 0.5) is 4.79 Å². The second-order valence-corrected chi connectivity index (χ2v) is 4.45. The number of nitrogens with zero attached hydrogens (tertiary/aromatic N) is 2. The lowest BCUT2D eigenvalue weighted by atomic mass is 10.2. The smallest absolute Gasteiger partial charge is 0.321 e. The maximum Gasteiger partial charge on any atom is 0.321 e. The van der Waals surface area contributed by atoms with E-state index < -0.39 is 18.0 Å². The molecule has 1 aliphatic rings. The standard InChI is InChI=1S/C11H20N4O4/c1-8(10(18)13-11(19)12-2)15-5-3-14(4-6-15)7-9(16)17/h8H,3-7H2,1-2H3,(H,16,17)(H2,12,13,18,19). The monoisotopic (exact) mass is 272 g/mol. The summed E-state index contributed by atoms with van der Waals surface area (Å²) in [5.41, 5.74) is 0. The van der Waals surface area contributed by atoms with Crippen LogP contribution in [-0.4, -0.2) is 78.6 Å². The van der Waals surface area contributed by atoms with Gasteiger partial charge in [-0.15, -0.1) is 0 Å². The van der Waals surface area contributed by atoms with Gasteiger partial charge in [-0.2, -0.15) is 0 Å². The molecule has 1 rings (SSSR count). The zero-order chi connectivity index (χ0) is 14.4. The van der Waals surface area contributed by atoms with E-state index in [4.69, 9.17) is 5.11 Å². The van der Waals surface area contributed by atoms with Crippen molar-refractivity contribution in [3.63, 3.8) is 0 Å². The SMILES string of the molecule is CNC(=O)NC(=O)C(C)N1CCN(CC(=O)O)CC1. The van der Waals surface area contributed by atoms with E-state index in [-0.39, 0.29) is 12.5 Å². The Morgan fingerprint density at radius 2 is 1.79 bits per heavy atom. The van der Waals surface area contributed by atoms with Crippen molar-refractivity contribution < 1.29 is 19.5 Å². The first kappa shape index (κ1) is 15.4. The van der Waals surface area contributed by atoms with E-state index in [9.17, 15) is 14.4 Å². The number of aliphatic carboxylic acids is 1. The molecule has 1 heterocycles. The van der Waals surface area contributed by atoms with Crippen LogP contribution >= 0.6 is 0 Å². The van der Waals surface area contributed by atoms with Gasteiger partial charge in [0.1, 0.15) is 0 Å². The fourth-order valence-electron chi connectivity index (χ4n) is 1.94. The molecular weight excluding hydrogens is 252 g/mol. The molecule has 8 nitrogen and oxygen atoms in total. The van der Waals surface area contributed by atoms with E-state index >= 15 is 0 Å². The Hall–Kier alpha value is -1.67. The van der Waals surface area contributed by atoms with Gasteiger partial charge in [0.15, 0.2) is 0 Å². The number of carbonyl (C=O) groups is 3. The highest BCUT2D eigenvalue weighted by Crippen LogP contribution is 2.06. The molecule has 0 radical (unpaired) electrons. The summed E-state index contributed by atoms with van der Waals surface area (Å²) in [5, 5.41) is 13.2. The van der Waals surface area contributed by atoms with E-state index in [1.807, 2.05) is 9.80 Å². The third kappa shape index (κ3) is 4.84. The first-order valence-electron chi connectivity index (χ1n) is 6.14. The molecule has 1 fully saturated rings. The van der Waals surface area contributed by atoms with E-state index in [1.165, 1.54) is 7.05 Å². The van der Waals surface area contributed by atoms with Gasteiger partial charge in [0, 0.05) is 33.2 Å². The van der Waals surface area contributed by atoms with Gasteiger partial charge in [0.25, 0.3) is 0 Å². The number of hydrogen-bond acceptors (Lipinski definition) is 5. The maximum atomic E-state index is 11.7. The van der Waals surface area contributed by atoms with Gasteiger partial charge in [-0.05, 0) is 6.92 Å². The van der Waals surface area contributed by atoms with Crippen LogP contribution in [0.2, 0.25) is 0 Å². The molecule has 8 heteroatoms. The molecular formula is C11H20N4O4. The largest absolute Gasteiger partial charge is 0.480 e. The van der Waals surface area contributed by atoms with Crippen molar-refractivity contribution in [2.45, 2.75) is 13.0 Å². The third-order valence-corrected chi connectivity index (χ3v) is 3.16. The summed E-state index contributed by atoms with van der Waals surface area (Å²) in [6.45, 7) is 4.16. The quantitative estimate of drug-likeness (QED) is 0.577. The van der Waals surface area contributed by atoms with Gasteiger partial charge in [0.05, 0.1) is 12.6 Å². The summed E-state index contributed by atoms with van der Waals surface area (Å²) in [5.74, 6) is -1.20. The number of carbonyl (C=O) groups excluding carboxylic acids is 2. The molecule has 0 saturated carbocycles. The molecule has 0 spiro atoms. The lowest BCUT2D eigenvalue weighted by Gasteiger charge is -2.36. The molecule has 3 N–H and O–H groups in total. The Morgan fingerprint density at radius 3 is 2.26 bits per heavy atom. The molecule has 0 bridgehead atoms. The highest BCUT2D eigenvalue weighted by Gasteiger charge is 2.26. The summed E-state index contributed by atoms with van der Waals surface area (Å²) in [6.07, 6.45) is 0. The van der Waals surface area contributed by atoms with Crippen molar-refractivity contribution in [2.24, 2.45) is 0 Å². The number of piperazine rings is 1. The van der Waals surface area contributed by atoms with Crippen molar-refractivity contribution in [1.29, 1.82) is 0 Å². The number of hydrogen-bond donors (Lipinski definition) is 3. The number of imide groups is 1. The minimum Gasteiger partial charge on any atom is -0.480 e. The highest BCUT2D eigenvalue weighted by atomic mass is 16.4. The van der Waals surface area contributed by atoms with Crippen LogP contribution in [0.5, 0.6) is 0 Å². The Morgan fingerprint density at radius 1 is 1.21 bits per heavy atom. The van der Waals surface area contributed by atoms with Gasteiger partial charge in [-0.1, -0.05) is 0 Å². The molecule has 1 unspecified atom stereocenters. The molecule has 19 heavy (non-hydrogen) atoms. The van der Waals surface area contributed by atoms with Crippen LogP contribution in [-0.2, 0) is 9.59 Å². The number of nitrogens with one attached hydrogen (secondary N) is 2. The van der Waals surface area contributed by atoms with Crippen molar-refractivity contribution in [3.05, 3.63) is 0 Å². The molecule has 0 aliphatic carbocycles. The summed E-state index contributed by atoms with van der Waals surface area (Å²) in [4.78, 5) is 37.1. The van der Waals surface area contributed by atoms with E-state index in [0.717, 1.165) is 0 Å². The number of rotatable bonds is 4. The summed E-state index contributed by atoms with van der Waals surface area (Å²) in [6, 6.07) is -0.939. The topological polar surface area (TPSA) is 102 Å². The molecule has 1 saturated heterocycles. The molecule has 0 aromatic heterocycles. The van der Waals surface area contributed by atoms with Gasteiger partial charge in [-0.3, -0.25) is 24.7 Å². The Labute approximate surface area is 111 Å². The Kier molecular flexibility index (Phi) is 5.71. The first-order chi connectivity index (χ1) is 8.93. The molecule has 108 valence electrons. The zero-order valence-electron chi connectivity index (χ0n) is 11.2. The summed E-state index contributed by atoms with van der Waals surface area (Å²) in [7, 11) is 1.44. The summed E-state index contributed by atoms with van der Waals surface area (Å²) < 4.78 is 0.